The summed E-state index contributed by atoms with van der Waals surface area (Å²) in [5.74, 6) is 0.408. The molecule has 1 aliphatic rings. The molecule has 9 heteroatoms. The number of nitrogens with zero attached hydrogens (tertiary/aromatic N) is 5. The van der Waals surface area contributed by atoms with Gasteiger partial charge in [0.15, 0.2) is 0 Å². The molecule has 0 aromatic carbocycles. The van der Waals surface area contributed by atoms with Crippen molar-refractivity contribution in [2.45, 2.75) is 31.3 Å². The van der Waals surface area contributed by atoms with Gasteiger partial charge < -0.3 is 4.74 Å². The van der Waals surface area contributed by atoms with Crippen LogP contribution in [-0.2, 0) is 17.1 Å². The number of aromatic nitrogens is 4. The lowest BCUT2D eigenvalue weighted by atomic mass is 10.3. The van der Waals surface area contributed by atoms with Crippen molar-refractivity contribution in [3.63, 3.8) is 0 Å². The molecule has 0 N–H and O–H groups in total. The fourth-order valence-corrected chi connectivity index (χ4v) is 4.68. The van der Waals surface area contributed by atoms with Crippen LogP contribution in [0.4, 0.5) is 0 Å². The van der Waals surface area contributed by atoms with Gasteiger partial charge in [-0.25, -0.2) is 8.42 Å². The van der Waals surface area contributed by atoms with Gasteiger partial charge in [0.05, 0.1) is 17.9 Å². The molecule has 8 nitrogen and oxygen atoms in total. The Bertz CT molecular complexity index is 803. The van der Waals surface area contributed by atoms with Crippen molar-refractivity contribution < 1.29 is 13.2 Å². The van der Waals surface area contributed by atoms with Crippen molar-refractivity contribution in [2.75, 3.05) is 13.1 Å². The topological polar surface area (TPSA) is 90.2 Å². The summed E-state index contributed by atoms with van der Waals surface area (Å²) in [6, 6.07) is 3.44. The lowest BCUT2D eigenvalue weighted by Crippen LogP contribution is -2.31. The molecule has 3 heterocycles. The van der Waals surface area contributed by atoms with Gasteiger partial charge in [0.1, 0.15) is 11.0 Å². The molecule has 1 unspecified atom stereocenters. The minimum atomic E-state index is -3.57. The second-order valence-electron chi connectivity index (χ2n) is 5.58. The van der Waals surface area contributed by atoms with Gasteiger partial charge in [-0.3, -0.25) is 4.68 Å². The molecule has 23 heavy (non-hydrogen) atoms. The largest absolute Gasteiger partial charge is 0.472 e. The van der Waals surface area contributed by atoms with E-state index in [2.05, 4.69) is 15.3 Å². The van der Waals surface area contributed by atoms with Crippen LogP contribution >= 0.6 is 0 Å². The first-order valence-electron chi connectivity index (χ1n) is 7.34. The normalized spacial score (nSPS) is 19.2. The molecule has 2 aromatic rings. The third-order valence-corrected chi connectivity index (χ3v) is 6.10. The molecule has 0 radical (unpaired) electrons. The lowest BCUT2D eigenvalue weighted by molar-refractivity contribution is 0.204. The highest BCUT2D eigenvalue weighted by atomic mass is 32.2. The molecule has 0 amide bonds. The van der Waals surface area contributed by atoms with Crippen LogP contribution in [0.1, 0.15) is 17.8 Å². The average molecular weight is 337 g/mol. The number of sulfonamides is 1. The zero-order chi connectivity index (χ0) is 16.6. The van der Waals surface area contributed by atoms with Crippen molar-refractivity contribution in [1.29, 1.82) is 0 Å². The second kappa shape index (κ2) is 5.89. The molecule has 0 spiro atoms. The maximum Gasteiger partial charge on any atom is 0.246 e. The predicted octanol–water partition coefficient (Wildman–Crippen LogP) is 0.669. The molecule has 0 aliphatic carbocycles. The molecule has 0 bridgehead atoms. The summed E-state index contributed by atoms with van der Waals surface area (Å²) in [4.78, 5) is 0.292. The van der Waals surface area contributed by atoms with Crippen LogP contribution in [0.15, 0.2) is 23.2 Å². The average Bonchev–Trinajstić information content (AvgIpc) is 3.06. The Balaban J connectivity index is 1.78. The maximum atomic E-state index is 12.9. The van der Waals surface area contributed by atoms with Crippen molar-refractivity contribution in [3.05, 3.63) is 29.7 Å². The molecule has 1 fully saturated rings. The molecule has 1 atom stereocenters. The molecular weight excluding hydrogens is 318 g/mol. The zero-order valence-corrected chi connectivity index (χ0v) is 14.1. The summed E-state index contributed by atoms with van der Waals surface area (Å²) in [7, 11) is -1.83. The van der Waals surface area contributed by atoms with Crippen LogP contribution in [-0.4, -0.2) is 51.9 Å². The van der Waals surface area contributed by atoms with Crippen LogP contribution in [0.2, 0.25) is 0 Å². The van der Waals surface area contributed by atoms with E-state index in [4.69, 9.17) is 4.74 Å². The van der Waals surface area contributed by atoms with Crippen molar-refractivity contribution >= 4 is 10.0 Å². The third kappa shape index (κ3) is 2.93. The summed E-state index contributed by atoms with van der Waals surface area (Å²) in [5, 5.41) is 11.8. The van der Waals surface area contributed by atoms with E-state index in [0.717, 1.165) is 0 Å². The summed E-state index contributed by atoms with van der Waals surface area (Å²) < 4.78 is 34.5. The number of hydrogen-bond donors (Lipinski definition) is 0. The van der Waals surface area contributed by atoms with Crippen LogP contribution in [0.25, 0.3) is 0 Å². The first kappa shape index (κ1) is 15.9. The van der Waals surface area contributed by atoms with Crippen LogP contribution in [0.5, 0.6) is 5.88 Å². The smallest absolute Gasteiger partial charge is 0.246 e. The van der Waals surface area contributed by atoms with Crippen LogP contribution < -0.4 is 4.74 Å². The Kier molecular flexibility index (Phi) is 4.07. The summed E-state index contributed by atoms with van der Waals surface area (Å²) in [6.45, 7) is 4.19. The molecule has 1 saturated heterocycles. The van der Waals surface area contributed by atoms with E-state index in [1.165, 1.54) is 4.31 Å². The van der Waals surface area contributed by atoms with Gasteiger partial charge in [-0.05, 0) is 26.3 Å². The summed E-state index contributed by atoms with van der Waals surface area (Å²) in [6.07, 6.45) is 1.96. The first-order valence-corrected chi connectivity index (χ1v) is 8.78. The minimum absolute atomic E-state index is 0.223. The lowest BCUT2D eigenvalue weighted by Gasteiger charge is -2.17. The van der Waals surface area contributed by atoms with Gasteiger partial charge in [0.2, 0.25) is 15.9 Å². The van der Waals surface area contributed by atoms with Crippen molar-refractivity contribution in [3.8, 4) is 5.88 Å². The Morgan fingerprint density at radius 1 is 1.35 bits per heavy atom. The highest BCUT2D eigenvalue weighted by Gasteiger charge is 2.36. The summed E-state index contributed by atoms with van der Waals surface area (Å²) >= 11 is 0. The van der Waals surface area contributed by atoms with Gasteiger partial charge in [-0.1, -0.05) is 0 Å². The fourth-order valence-electron chi connectivity index (χ4n) is 2.79. The SMILES string of the molecule is Cc1nn(C)c(C)c1S(=O)(=O)N1CCC(Oc2cccnn2)C1. The third-order valence-electron chi connectivity index (χ3n) is 3.98. The fraction of sp³-hybridized carbons (Fsp3) is 0.500. The van der Waals surface area contributed by atoms with E-state index in [1.807, 2.05) is 0 Å². The van der Waals surface area contributed by atoms with E-state index in [9.17, 15) is 8.42 Å². The highest BCUT2D eigenvalue weighted by molar-refractivity contribution is 7.89. The molecule has 2 aromatic heterocycles. The van der Waals surface area contributed by atoms with Gasteiger partial charge in [-0.2, -0.15) is 14.5 Å². The molecular formula is C14H19N5O3S. The van der Waals surface area contributed by atoms with Crippen LogP contribution in [0.3, 0.4) is 0 Å². The maximum absolute atomic E-state index is 12.9. The van der Waals surface area contributed by atoms with Crippen molar-refractivity contribution in [2.24, 2.45) is 7.05 Å². The van der Waals surface area contributed by atoms with Gasteiger partial charge in [0.25, 0.3) is 0 Å². The van der Waals surface area contributed by atoms with Gasteiger partial charge in [0, 0.05) is 25.9 Å². The first-order chi connectivity index (χ1) is 10.9. The molecule has 3 rings (SSSR count). The zero-order valence-electron chi connectivity index (χ0n) is 13.3. The van der Waals surface area contributed by atoms with E-state index >= 15 is 0 Å². The molecule has 0 saturated carbocycles. The Morgan fingerprint density at radius 3 is 2.74 bits per heavy atom. The minimum Gasteiger partial charge on any atom is -0.472 e. The number of ether oxygens (including phenoxy) is 1. The van der Waals surface area contributed by atoms with Crippen molar-refractivity contribution in [1.82, 2.24) is 24.3 Å². The number of rotatable bonds is 4. The van der Waals surface area contributed by atoms with E-state index < -0.39 is 10.0 Å². The van der Waals surface area contributed by atoms with E-state index in [-0.39, 0.29) is 6.10 Å². The Morgan fingerprint density at radius 2 is 2.13 bits per heavy atom. The van der Waals surface area contributed by atoms with E-state index in [1.54, 1.807) is 43.9 Å². The standard InChI is InChI=1S/C14H19N5O3S/c1-10-14(11(2)18(3)17-10)23(20,21)19-8-6-12(9-19)22-13-5-4-7-15-16-13/h4-5,7,12H,6,8-9H2,1-3H3. The Hall–Kier alpha value is -2.00. The molecule has 124 valence electrons. The highest BCUT2D eigenvalue weighted by Crippen LogP contribution is 2.27. The van der Waals surface area contributed by atoms with E-state index in [0.29, 0.717) is 41.7 Å². The second-order valence-corrected chi connectivity index (χ2v) is 7.45. The Labute approximate surface area is 135 Å². The van der Waals surface area contributed by atoms with Crippen LogP contribution in [0, 0.1) is 13.8 Å². The molecule has 1 aliphatic heterocycles. The van der Waals surface area contributed by atoms with Gasteiger partial charge in [-0.15, -0.1) is 5.10 Å². The summed E-state index contributed by atoms with van der Waals surface area (Å²) in [5.41, 5.74) is 1.16. The van der Waals surface area contributed by atoms with Gasteiger partial charge >= 0.3 is 0 Å². The number of hydrogen-bond acceptors (Lipinski definition) is 6. The number of aryl methyl sites for hydroxylation is 2. The monoisotopic (exact) mass is 337 g/mol. The quantitative estimate of drug-likeness (QED) is 0.814. The predicted molar refractivity (Wildman–Crippen MR) is 82.5 cm³/mol.